The fourth-order valence-electron chi connectivity index (χ4n) is 3.46. The maximum Gasteiger partial charge on any atom is 0.293 e. The zero-order chi connectivity index (χ0) is 16.0. The van der Waals surface area contributed by atoms with E-state index in [4.69, 9.17) is 4.74 Å². The Balaban J connectivity index is 1.29. The molecule has 1 aromatic heterocycles. The molecule has 0 unspecified atom stereocenters. The highest BCUT2D eigenvalue weighted by atomic mass is 16.5. The summed E-state index contributed by atoms with van der Waals surface area (Å²) in [5.74, 6) is 0.476. The molecule has 3 aliphatic rings. The van der Waals surface area contributed by atoms with Gasteiger partial charge >= 0.3 is 0 Å². The van der Waals surface area contributed by atoms with Gasteiger partial charge in [-0.1, -0.05) is 0 Å². The smallest absolute Gasteiger partial charge is 0.293 e. The third-order valence-electron chi connectivity index (χ3n) is 4.75. The largest absolute Gasteiger partial charge is 0.372 e. The summed E-state index contributed by atoms with van der Waals surface area (Å²) in [5, 5.41) is 7.05. The molecule has 3 fully saturated rings. The van der Waals surface area contributed by atoms with E-state index >= 15 is 0 Å². The molecule has 1 saturated carbocycles. The van der Waals surface area contributed by atoms with Gasteiger partial charge in [0, 0.05) is 32.1 Å². The van der Waals surface area contributed by atoms with Crippen molar-refractivity contribution in [3.63, 3.8) is 0 Å². The highest BCUT2D eigenvalue weighted by Crippen LogP contribution is 2.34. The molecule has 8 heteroatoms. The van der Waals surface area contributed by atoms with Gasteiger partial charge in [0.25, 0.3) is 5.91 Å². The van der Waals surface area contributed by atoms with Crippen LogP contribution < -0.4 is 5.32 Å². The lowest BCUT2D eigenvalue weighted by atomic mass is 10.0. The number of fused-ring (bicyclic) bond motifs is 1. The minimum absolute atomic E-state index is 0.0195. The molecule has 2 amide bonds. The Morgan fingerprint density at radius 1 is 1.39 bits per heavy atom. The Kier molecular flexibility index (Phi) is 3.56. The Morgan fingerprint density at radius 2 is 2.22 bits per heavy atom. The maximum absolute atomic E-state index is 12.3. The van der Waals surface area contributed by atoms with Gasteiger partial charge in [0.05, 0.1) is 18.6 Å². The van der Waals surface area contributed by atoms with Gasteiger partial charge in [-0.2, -0.15) is 0 Å². The Morgan fingerprint density at radius 3 is 2.87 bits per heavy atom. The number of nitrogens with zero attached hydrogens (tertiary/aromatic N) is 4. The monoisotopic (exact) mass is 319 g/mol. The highest BCUT2D eigenvalue weighted by Gasteiger charge is 2.44. The first-order valence-corrected chi connectivity index (χ1v) is 8.18. The molecule has 2 aliphatic heterocycles. The summed E-state index contributed by atoms with van der Waals surface area (Å²) in [4.78, 5) is 30.0. The van der Waals surface area contributed by atoms with Crippen molar-refractivity contribution in [2.75, 3.05) is 13.1 Å². The summed E-state index contributed by atoms with van der Waals surface area (Å²) in [6, 6.07) is 0.391. The van der Waals surface area contributed by atoms with Crippen LogP contribution in [0.5, 0.6) is 0 Å². The summed E-state index contributed by atoms with van der Waals surface area (Å²) in [6.45, 7) is 1.21. The summed E-state index contributed by atoms with van der Waals surface area (Å²) >= 11 is 0. The van der Waals surface area contributed by atoms with Crippen LogP contribution in [0, 0.1) is 5.92 Å². The topological polar surface area (TPSA) is 89.4 Å². The lowest BCUT2D eigenvalue weighted by molar-refractivity contribution is -0.123. The van der Waals surface area contributed by atoms with Crippen LogP contribution in [0.15, 0.2) is 6.33 Å². The van der Waals surface area contributed by atoms with E-state index in [0.29, 0.717) is 31.5 Å². The molecule has 2 saturated heterocycles. The molecule has 3 heterocycles. The molecular weight excluding hydrogens is 298 g/mol. The predicted octanol–water partition coefficient (Wildman–Crippen LogP) is -0.287. The summed E-state index contributed by atoms with van der Waals surface area (Å²) < 4.78 is 7.50. The molecule has 0 radical (unpaired) electrons. The van der Waals surface area contributed by atoms with Gasteiger partial charge in [0.15, 0.2) is 0 Å². The van der Waals surface area contributed by atoms with Crippen molar-refractivity contribution in [2.45, 2.75) is 43.9 Å². The van der Waals surface area contributed by atoms with Gasteiger partial charge in [-0.3, -0.25) is 14.3 Å². The Hall–Kier alpha value is -1.96. The third kappa shape index (κ3) is 3.08. The average molecular weight is 319 g/mol. The van der Waals surface area contributed by atoms with Gasteiger partial charge < -0.3 is 15.0 Å². The summed E-state index contributed by atoms with van der Waals surface area (Å²) in [6.07, 6.45) is 4.99. The van der Waals surface area contributed by atoms with E-state index in [2.05, 4.69) is 15.4 Å². The van der Waals surface area contributed by atoms with Crippen molar-refractivity contribution in [3.05, 3.63) is 12.2 Å². The van der Waals surface area contributed by atoms with Crippen molar-refractivity contribution in [1.82, 2.24) is 25.0 Å². The lowest BCUT2D eigenvalue weighted by Crippen LogP contribution is -2.33. The standard InChI is InChI=1S/C15H21N5O3/c1-19-8-16-14(18-19)15(22)20-6-9-4-11(23-12(9)7-20)5-13(21)17-10-2-3-10/h8-12H,2-7H2,1H3,(H,17,21)/t9-,11+,12+/m0/s1. The second-order valence-electron chi connectivity index (χ2n) is 6.79. The molecule has 23 heavy (non-hydrogen) atoms. The molecule has 0 aromatic carbocycles. The number of likely N-dealkylation sites (tertiary alicyclic amines) is 1. The minimum atomic E-state index is -0.147. The van der Waals surface area contributed by atoms with Crippen LogP contribution in [0.25, 0.3) is 0 Å². The first kappa shape index (κ1) is 14.6. The Labute approximate surface area is 134 Å². The van der Waals surface area contributed by atoms with E-state index in [-0.39, 0.29) is 29.8 Å². The van der Waals surface area contributed by atoms with E-state index < -0.39 is 0 Å². The lowest BCUT2D eigenvalue weighted by Gasteiger charge is -2.18. The summed E-state index contributed by atoms with van der Waals surface area (Å²) in [5.41, 5.74) is 0. The number of carbonyl (C=O) groups is 2. The second-order valence-corrected chi connectivity index (χ2v) is 6.79. The van der Waals surface area contributed by atoms with Crippen LogP contribution in [0.1, 0.15) is 36.3 Å². The first-order valence-electron chi connectivity index (χ1n) is 8.18. The van der Waals surface area contributed by atoms with Crippen molar-refractivity contribution < 1.29 is 14.3 Å². The third-order valence-corrected chi connectivity index (χ3v) is 4.75. The quantitative estimate of drug-likeness (QED) is 0.824. The van der Waals surface area contributed by atoms with Crippen LogP contribution >= 0.6 is 0 Å². The van der Waals surface area contributed by atoms with Gasteiger partial charge in [-0.25, -0.2) is 4.98 Å². The molecule has 0 spiro atoms. The maximum atomic E-state index is 12.3. The number of nitrogens with one attached hydrogen (secondary N) is 1. The number of hydrogen-bond acceptors (Lipinski definition) is 5. The van der Waals surface area contributed by atoms with Gasteiger partial charge in [-0.05, 0) is 19.3 Å². The zero-order valence-corrected chi connectivity index (χ0v) is 13.1. The number of ether oxygens (including phenoxy) is 1. The minimum Gasteiger partial charge on any atom is -0.372 e. The number of amides is 2. The predicted molar refractivity (Wildman–Crippen MR) is 79.5 cm³/mol. The fourth-order valence-corrected chi connectivity index (χ4v) is 3.46. The van der Waals surface area contributed by atoms with Crippen molar-refractivity contribution in [3.8, 4) is 0 Å². The number of aryl methyl sites for hydroxylation is 1. The average Bonchev–Trinajstić information content (AvgIpc) is 2.90. The normalized spacial score (nSPS) is 29.6. The molecule has 1 N–H and O–H groups in total. The number of hydrogen-bond donors (Lipinski definition) is 1. The zero-order valence-electron chi connectivity index (χ0n) is 13.1. The van der Waals surface area contributed by atoms with E-state index in [1.165, 1.54) is 11.0 Å². The van der Waals surface area contributed by atoms with Crippen molar-refractivity contribution in [2.24, 2.45) is 13.0 Å². The number of carbonyl (C=O) groups excluding carboxylic acids is 2. The van der Waals surface area contributed by atoms with Crippen LogP contribution in [-0.4, -0.2) is 62.8 Å². The van der Waals surface area contributed by atoms with E-state index in [1.54, 1.807) is 11.9 Å². The highest BCUT2D eigenvalue weighted by molar-refractivity contribution is 5.90. The van der Waals surface area contributed by atoms with Crippen molar-refractivity contribution in [1.29, 1.82) is 0 Å². The molecule has 8 nitrogen and oxygen atoms in total. The van der Waals surface area contributed by atoms with Crippen LogP contribution in [0.2, 0.25) is 0 Å². The van der Waals surface area contributed by atoms with Crippen LogP contribution in [-0.2, 0) is 16.6 Å². The van der Waals surface area contributed by atoms with E-state index in [1.807, 2.05) is 0 Å². The molecule has 4 rings (SSSR count). The molecule has 124 valence electrons. The van der Waals surface area contributed by atoms with Gasteiger partial charge in [0.2, 0.25) is 11.7 Å². The van der Waals surface area contributed by atoms with Gasteiger partial charge in [-0.15, -0.1) is 5.10 Å². The first-order chi connectivity index (χ1) is 11.1. The molecule has 1 aliphatic carbocycles. The molecule has 1 aromatic rings. The van der Waals surface area contributed by atoms with E-state index in [9.17, 15) is 9.59 Å². The van der Waals surface area contributed by atoms with Crippen molar-refractivity contribution >= 4 is 11.8 Å². The number of rotatable bonds is 4. The van der Waals surface area contributed by atoms with Gasteiger partial charge in [0.1, 0.15) is 6.33 Å². The fraction of sp³-hybridized carbons (Fsp3) is 0.733. The van der Waals surface area contributed by atoms with E-state index in [0.717, 1.165) is 19.3 Å². The number of aromatic nitrogens is 3. The molecule has 3 atom stereocenters. The molecular formula is C15H21N5O3. The van der Waals surface area contributed by atoms with Crippen LogP contribution in [0.3, 0.4) is 0 Å². The second kappa shape index (κ2) is 5.59. The SMILES string of the molecule is Cn1cnc(C(=O)N2C[C@@H]3C[C@H](CC(=O)NC4CC4)O[C@@H]3C2)n1. The summed E-state index contributed by atoms with van der Waals surface area (Å²) in [7, 11) is 1.74. The Bertz CT molecular complexity index is 612. The molecule has 0 bridgehead atoms. The van der Waals surface area contributed by atoms with Crippen LogP contribution in [0.4, 0.5) is 0 Å².